The van der Waals surface area contributed by atoms with Crippen LogP contribution in [0.5, 0.6) is 5.75 Å². The topological polar surface area (TPSA) is 50.1 Å². The average molecular weight is 223 g/mol. The Morgan fingerprint density at radius 2 is 2.06 bits per heavy atom. The highest BCUT2D eigenvalue weighted by molar-refractivity contribution is 5.92. The SMILES string of the molecule is C=CC(=O)Oc1ccc2ccccc2c1C#N. The third kappa shape index (κ3) is 2.01. The number of hydrogen-bond donors (Lipinski definition) is 0. The van der Waals surface area contributed by atoms with E-state index in [0.29, 0.717) is 5.56 Å². The Morgan fingerprint density at radius 3 is 2.76 bits per heavy atom. The van der Waals surface area contributed by atoms with Crippen molar-refractivity contribution in [3.05, 3.63) is 54.6 Å². The molecule has 82 valence electrons. The van der Waals surface area contributed by atoms with Crippen molar-refractivity contribution in [2.45, 2.75) is 0 Å². The molecular formula is C14H9NO2. The largest absolute Gasteiger partial charge is 0.422 e. The van der Waals surface area contributed by atoms with E-state index in [2.05, 4.69) is 12.6 Å². The van der Waals surface area contributed by atoms with Gasteiger partial charge in [-0.05, 0) is 11.5 Å². The Kier molecular flexibility index (Phi) is 2.89. The normalized spacial score (nSPS) is 9.59. The molecule has 0 saturated carbocycles. The number of hydrogen-bond acceptors (Lipinski definition) is 3. The minimum absolute atomic E-state index is 0.260. The molecule has 0 aliphatic carbocycles. The first kappa shape index (κ1) is 10.9. The van der Waals surface area contributed by atoms with Gasteiger partial charge in [-0.15, -0.1) is 0 Å². The van der Waals surface area contributed by atoms with Crippen molar-refractivity contribution in [2.24, 2.45) is 0 Å². The van der Waals surface area contributed by atoms with Crippen LogP contribution in [-0.2, 0) is 4.79 Å². The van der Waals surface area contributed by atoms with Crippen LogP contribution < -0.4 is 4.74 Å². The molecule has 0 unspecified atom stereocenters. The van der Waals surface area contributed by atoms with E-state index in [1.54, 1.807) is 6.07 Å². The van der Waals surface area contributed by atoms with E-state index in [0.717, 1.165) is 16.8 Å². The third-order valence-electron chi connectivity index (χ3n) is 2.38. The molecule has 17 heavy (non-hydrogen) atoms. The Balaban J connectivity index is 2.62. The van der Waals surface area contributed by atoms with E-state index in [1.165, 1.54) is 0 Å². The van der Waals surface area contributed by atoms with Gasteiger partial charge in [-0.3, -0.25) is 0 Å². The molecule has 0 aliphatic heterocycles. The zero-order valence-electron chi connectivity index (χ0n) is 9.01. The molecule has 0 aliphatic rings. The average Bonchev–Trinajstić information content (AvgIpc) is 2.38. The van der Waals surface area contributed by atoms with Crippen molar-refractivity contribution in [1.82, 2.24) is 0 Å². The van der Waals surface area contributed by atoms with Gasteiger partial charge in [0, 0.05) is 11.5 Å². The van der Waals surface area contributed by atoms with Gasteiger partial charge < -0.3 is 4.74 Å². The summed E-state index contributed by atoms with van der Waals surface area (Å²) >= 11 is 0. The molecule has 0 atom stereocenters. The molecule has 3 nitrogen and oxygen atoms in total. The maximum atomic E-state index is 11.1. The molecule has 0 saturated heterocycles. The quantitative estimate of drug-likeness (QED) is 0.447. The predicted molar refractivity (Wildman–Crippen MR) is 64.5 cm³/mol. The third-order valence-corrected chi connectivity index (χ3v) is 2.38. The summed E-state index contributed by atoms with van der Waals surface area (Å²) < 4.78 is 5.01. The predicted octanol–water partition coefficient (Wildman–Crippen LogP) is 2.80. The second-order valence-corrected chi connectivity index (χ2v) is 3.40. The zero-order valence-corrected chi connectivity index (χ0v) is 9.01. The molecule has 2 aromatic carbocycles. The van der Waals surface area contributed by atoms with E-state index >= 15 is 0 Å². The number of nitriles is 1. The van der Waals surface area contributed by atoms with Crippen LogP contribution in [0.25, 0.3) is 10.8 Å². The van der Waals surface area contributed by atoms with Gasteiger partial charge in [-0.2, -0.15) is 5.26 Å². The first-order valence-corrected chi connectivity index (χ1v) is 5.02. The van der Waals surface area contributed by atoms with E-state index in [4.69, 9.17) is 10.00 Å². The summed E-state index contributed by atoms with van der Waals surface area (Å²) in [5, 5.41) is 10.8. The highest BCUT2D eigenvalue weighted by Gasteiger charge is 2.10. The van der Waals surface area contributed by atoms with Crippen LogP contribution in [0.3, 0.4) is 0 Å². The molecule has 0 heterocycles. The van der Waals surface area contributed by atoms with Gasteiger partial charge in [0.15, 0.2) is 0 Å². The Hall–Kier alpha value is -2.60. The molecular weight excluding hydrogens is 214 g/mol. The number of nitrogens with zero attached hydrogens (tertiary/aromatic N) is 1. The summed E-state index contributed by atoms with van der Waals surface area (Å²) in [6.07, 6.45) is 1.07. The van der Waals surface area contributed by atoms with Crippen molar-refractivity contribution >= 4 is 16.7 Å². The number of carbonyl (C=O) groups excluding carboxylic acids is 1. The van der Waals surface area contributed by atoms with Crippen LogP contribution in [0.2, 0.25) is 0 Å². The van der Waals surface area contributed by atoms with Crippen molar-refractivity contribution in [3.8, 4) is 11.8 Å². The summed E-state index contributed by atoms with van der Waals surface area (Å²) in [6.45, 7) is 3.32. The smallest absolute Gasteiger partial charge is 0.335 e. The molecule has 2 rings (SSSR count). The second kappa shape index (κ2) is 4.50. The number of benzene rings is 2. The Morgan fingerprint density at radius 1 is 1.29 bits per heavy atom. The summed E-state index contributed by atoms with van der Waals surface area (Å²) in [4.78, 5) is 11.1. The van der Waals surface area contributed by atoms with Crippen LogP contribution in [0.15, 0.2) is 49.1 Å². The van der Waals surface area contributed by atoms with Crippen molar-refractivity contribution in [3.63, 3.8) is 0 Å². The maximum absolute atomic E-state index is 11.1. The van der Waals surface area contributed by atoms with Crippen LogP contribution in [0, 0.1) is 11.3 Å². The summed E-state index contributed by atoms with van der Waals surface area (Å²) in [5.74, 6) is -0.312. The molecule has 0 N–H and O–H groups in total. The second-order valence-electron chi connectivity index (χ2n) is 3.40. The van der Waals surface area contributed by atoms with Crippen LogP contribution in [0.1, 0.15) is 5.56 Å². The van der Waals surface area contributed by atoms with Crippen LogP contribution in [0.4, 0.5) is 0 Å². The first-order valence-electron chi connectivity index (χ1n) is 5.02. The fraction of sp³-hybridized carbons (Fsp3) is 0. The Bertz CT molecular complexity index is 638. The molecule has 0 aromatic heterocycles. The van der Waals surface area contributed by atoms with Gasteiger partial charge in [0.2, 0.25) is 0 Å². The standard InChI is InChI=1S/C14H9NO2/c1-2-14(16)17-13-8-7-10-5-3-4-6-11(10)12(13)9-15/h2-8H,1H2. The monoisotopic (exact) mass is 223 g/mol. The molecule has 0 spiro atoms. The summed E-state index contributed by atoms with van der Waals surface area (Å²) in [5.41, 5.74) is 0.360. The van der Waals surface area contributed by atoms with Gasteiger partial charge in [-0.1, -0.05) is 36.9 Å². The lowest BCUT2D eigenvalue weighted by molar-refractivity contribution is -0.128. The number of carbonyl (C=O) groups is 1. The van der Waals surface area contributed by atoms with Gasteiger partial charge >= 0.3 is 5.97 Å². The minimum Gasteiger partial charge on any atom is -0.422 e. The minimum atomic E-state index is -0.572. The molecule has 0 amide bonds. The van der Waals surface area contributed by atoms with Crippen molar-refractivity contribution < 1.29 is 9.53 Å². The van der Waals surface area contributed by atoms with Crippen LogP contribution >= 0.6 is 0 Å². The highest BCUT2D eigenvalue weighted by atomic mass is 16.5. The van der Waals surface area contributed by atoms with E-state index in [-0.39, 0.29) is 5.75 Å². The van der Waals surface area contributed by atoms with Gasteiger partial charge in [0.25, 0.3) is 0 Å². The lowest BCUT2D eigenvalue weighted by atomic mass is 10.0. The Labute approximate surface area is 98.6 Å². The zero-order chi connectivity index (χ0) is 12.3. The number of rotatable bonds is 2. The number of esters is 1. The van der Waals surface area contributed by atoms with E-state index in [9.17, 15) is 4.79 Å². The molecule has 2 aromatic rings. The summed E-state index contributed by atoms with van der Waals surface area (Å²) in [6, 6.07) is 12.9. The van der Waals surface area contributed by atoms with Crippen molar-refractivity contribution in [2.75, 3.05) is 0 Å². The van der Waals surface area contributed by atoms with Gasteiger partial charge in [-0.25, -0.2) is 4.79 Å². The summed E-state index contributed by atoms with van der Waals surface area (Å²) in [7, 11) is 0. The number of fused-ring (bicyclic) bond motifs is 1. The van der Waals surface area contributed by atoms with Gasteiger partial charge in [0.1, 0.15) is 17.4 Å². The highest BCUT2D eigenvalue weighted by Crippen LogP contribution is 2.27. The molecule has 0 fully saturated rings. The van der Waals surface area contributed by atoms with Gasteiger partial charge in [0.05, 0.1) is 0 Å². The maximum Gasteiger partial charge on any atom is 0.335 e. The lowest BCUT2D eigenvalue weighted by Gasteiger charge is -2.06. The molecule has 0 bridgehead atoms. The first-order chi connectivity index (χ1) is 8.26. The molecule has 0 radical (unpaired) electrons. The van der Waals surface area contributed by atoms with Crippen LogP contribution in [-0.4, -0.2) is 5.97 Å². The van der Waals surface area contributed by atoms with Crippen molar-refractivity contribution in [1.29, 1.82) is 5.26 Å². The fourth-order valence-electron chi connectivity index (χ4n) is 1.60. The number of ether oxygens (including phenoxy) is 1. The lowest BCUT2D eigenvalue weighted by Crippen LogP contribution is -2.04. The van der Waals surface area contributed by atoms with E-state index < -0.39 is 5.97 Å². The fourth-order valence-corrected chi connectivity index (χ4v) is 1.60. The van der Waals surface area contributed by atoms with E-state index in [1.807, 2.05) is 30.3 Å². The molecule has 3 heteroatoms.